The molecule has 0 fully saturated rings. The Morgan fingerprint density at radius 1 is 1.83 bits per heavy atom. The Morgan fingerprint density at radius 3 is 2.33 bits per heavy atom. The molecular weight excluding hydrogens is 84.0 g/mol. The van der Waals surface area contributed by atoms with Crippen molar-refractivity contribution in [3.63, 3.8) is 0 Å². The zero-order chi connectivity index (χ0) is 4.99. The Balaban J connectivity index is 3.05. The van der Waals surface area contributed by atoms with E-state index in [4.69, 9.17) is 0 Å². The highest BCUT2D eigenvalue weighted by Gasteiger charge is 1.74. The van der Waals surface area contributed by atoms with Crippen molar-refractivity contribution < 1.29 is 14.7 Å². The van der Waals surface area contributed by atoms with Gasteiger partial charge in [-0.25, -0.2) is 0 Å². The first kappa shape index (κ1) is 5.14. The summed E-state index contributed by atoms with van der Waals surface area (Å²) in [5, 5.41) is 9.26. The van der Waals surface area contributed by atoms with Gasteiger partial charge < -0.3 is 14.7 Å². The van der Waals surface area contributed by atoms with Crippen LogP contribution in [-0.4, -0.2) is 12.3 Å². The van der Waals surface area contributed by atoms with Crippen molar-refractivity contribution >= 4 is 12.3 Å². The second kappa shape index (κ2) is 2.38. The third-order valence-corrected chi connectivity index (χ3v) is 0.250. The molecule has 0 unspecified atom stereocenters. The monoisotopic (exact) mass is 87.0 g/mol. The van der Waals surface area contributed by atoms with Crippen LogP contribution in [0.15, 0.2) is 0 Å². The number of carbonyl (C=O) groups is 2. The zero-order valence-corrected chi connectivity index (χ0v) is 3.01. The molecule has 0 heterocycles. The lowest BCUT2D eigenvalue weighted by molar-refractivity contribution is -0.304. The van der Waals surface area contributed by atoms with Crippen molar-refractivity contribution in [1.82, 2.24) is 0 Å². The van der Waals surface area contributed by atoms with Crippen LogP contribution in [0.3, 0.4) is 0 Å². The maximum Gasteiger partial charge on any atom is 0.125 e. The maximum absolute atomic E-state index is 9.26. The van der Waals surface area contributed by atoms with Crippen LogP contribution >= 0.6 is 0 Å². The second-order valence-electron chi connectivity index (χ2n) is 0.743. The average Bonchev–Trinajstić information content (AvgIpc) is 1.35. The number of aliphatic carboxylic acids is 1. The summed E-state index contributed by atoms with van der Waals surface area (Å²) in [5.74, 6) is -1.33. The van der Waals surface area contributed by atoms with Gasteiger partial charge in [-0.1, -0.05) is 0 Å². The number of aldehydes is 1. The standard InChI is InChI=1S/C3H4O3/c4-2-1-3(5)6/h2H,1H2,(H,5,6)/p-1. The first-order valence-corrected chi connectivity index (χ1v) is 1.41. The lowest BCUT2D eigenvalue weighted by atomic mass is 10.5. The molecule has 0 amide bonds. The number of hydrogen-bond donors (Lipinski definition) is 0. The lowest BCUT2D eigenvalue weighted by Gasteiger charge is -1.86. The van der Waals surface area contributed by atoms with Crippen LogP contribution in [0.4, 0.5) is 0 Å². The minimum atomic E-state index is -1.33. The molecular formula is C3H3O3-. The Kier molecular flexibility index (Phi) is 2.04. The Morgan fingerprint density at radius 2 is 2.33 bits per heavy atom. The smallest absolute Gasteiger partial charge is 0.125 e. The molecule has 0 aromatic heterocycles. The number of rotatable bonds is 2. The van der Waals surface area contributed by atoms with E-state index in [1.54, 1.807) is 0 Å². The fraction of sp³-hybridized carbons (Fsp3) is 0.333. The summed E-state index contributed by atoms with van der Waals surface area (Å²) in [5.41, 5.74) is 0. The largest absolute Gasteiger partial charge is 0.550 e. The molecule has 0 aromatic rings. The highest BCUT2D eigenvalue weighted by molar-refractivity contribution is 5.80. The van der Waals surface area contributed by atoms with Crippen LogP contribution in [0.5, 0.6) is 0 Å². The van der Waals surface area contributed by atoms with Crippen LogP contribution in [0.1, 0.15) is 6.42 Å². The van der Waals surface area contributed by atoms with Crippen LogP contribution < -0.4 is 5.11 Å². The molecule has 0 aromatic carbocycles. The molecule has 0 radical (unpaired) electrons. The number of hydrogen-bond acceptors (Lipinski definition) is 3. The SMILES string of the molecule is O=CCC(=O)[O-]. The predicted molar refractivity (Wildman–Crippen MR) is 15.7 cm³/mol. The van der Waals surface area contributed by atoms with Crippen molar-refractivity contribution in [2.24, 2.45) is 0 Å². The van der Waals surface area contributed by atoms with Crippen LogP contribution in [0, 0.1) is 0 Å². The van der Waals surface area contributed by atoms with Crippen molar-refractivity contribution in [2.45, 2.75) is 6.42 Å². The van der Waals surface area contributed by atoms with Crippen molar-refractivity contribution in [1.29, 1.82) is 0 Å². The summed E-state index contributed by atoms with van der Waals surface area (Å²) in [4.78, 5) is 18.5. The van der Waals surface area contributed by atoms with E-state index in [-0.39, 0.29) is 6.29 Å². The Hall–Kier alpha value is -0.860. The van der Waals surface area contributed by atoms with E-state index in [1.807, 2.05) is 0 Å². The van der Waals surface area contributed by atoms with E-state index in [1.165, 1.54) is 0 Å². The van der Waals surface area contributed by atoms with Gasteiger partial charge in [-0.2, -0.15) is 0 Å². The molecule has 0 N–H and O–H groups in total. The maximum atomic E-state index is 9.26. The summed E-state index contributed by atoms with van der Waals surface area (Å²) in [6.45, 7) is 0. The summed E-state index contributed by atoms with van der Waals surface area (Å²) in [6.07, 6.45) is -0.213. The van der Waals surface area contributed by atoms with Gasteiger partial charge in [0.05, 0.1) is 0 Å². The molecule has 0 saturated carbocycles. The first-order chi connectivity index (χ1) is 2.77. The van der Waals surface area contributed by atoms with E-state index in [9.17, 15) is 14.7 Å². The summed E-state index contributed by atoms with van der Waals surface area (Å²) >= 11 is 0. The summed E-state index contributed by atoms with van der Waals surface area (Å²) < 4.78 is 0. The third kappa shape index (κ3) is 3.14. The van der Waals surface area contributed by atoms with Gasteiger partial charge in [0.2, 0.25) is 0 Å². The van der Waals surface area contributed by atoms with E-state index < -0.39 is 12.4 Å². The Labute approximate surface area is 34.6 Å². The molecule has 0 atom stereocenters. The fourth-order valence-corrected chi connectivity index (χ4v) is 0.0680. The molecule has 3 nitrogen and oxygen atoms in total. The first-order valence-electron chi connectivity index (χ1n) is 1.41. The highest BCUT2D eigenvalue weighted by Crippen LogP contribution is 1.59. The zero-order valence-electron chi connectivity index (χ0n) is 3.01. The van der Waals surface area contributed by atoms with Gasteiger partial charge in [-0.05, 0) is 0 Å². The van der Waals surface area contributed by atoms with Crippen molar-refractivity contribution in [2.75, 3.05) is 0 Å². The predicted octanol–water partition coefficient (Wildman–Crippen LogP) is -1.67. The molecule has 0 saturated heterocycles. The van der Waals surface area contributed by atoms with Gasteiger partial charge >= 0.3 is 0 Å². The third-order valence-electron chi connectivity index (χ3n) is 0.250. The molecule has 0 spiro atoms. The van der Waals surface area contributed by atoms with E-state index in [0.29, 0.717) is 0 Å². The summed E-state index contributed by atoms with van der Waals surface area (Å²) in [6, 6.07) is 0. The van der Waals surface area contributed by atoms with Crippen LogP contribution in [0.25, 0.3) is 0 Å². The van der Waals surface area contributed by atoms with E-state index in [0.717, 1.165) is 0 Å². The van der Waals surface area contributed by atoms with E-state index in [2.05, 4.69) is 0 Å². The van der Waals surface area contributed by atoms with Crippen molar-refractivity contribution in [3.05, 3.63) is 0 Å². The molecule has 6 heavy (non-hydrogen) atoms. The van der Waals surface area contributed by atoms with Crippen LogP contribution in [0.2, 0.25) is 0 Å². The average molecular weight is 87.1 g/mol. The van der Waals surface area contributed by atoms with Gasteiger partial charge in [0.25, 0.3) is 0 Å². The quantitative estimate of drug-likeness (QED) is 0.298. The molecule has 0 bridgehead atoms. The Bertz CT molecular complexity index is 66.4. The van der Waals surface area contributed by atoms with Crippen LogP contribution in [-0.2, 0) is 9.59 Å². The number of carboxylic acids is 1. The van der Waals surface area contributed by atoms with Gasteiger partial charge in [-0.3, -0.25) is 0 Å². The number of carboxylic acid groups (broad SMARTS) is 1. The fourth-order valence-electron chi connectivity index (χ4n) is 0.0680. The molecule has 0 aliphatic heterocycles. The molecule has 0 rings (SSSR count). The molecule has 3 heteroatoms. The lowest BCUT2D eigenvalue weighted by Crippen LogP contribution is -2.21. The number of carbonyl (C=O) groups excluding carboxylic acids is 2. The van der Waals surface area contributed by atoms with Gasteiger partial charge in [0.15, 0.2) is 0 Å². The normalized spacial score (nSPS) is 7.33. The minimum Gasteiger partial charge on any atom is -0.550 e. The van der Waals surface area contributed by atoms with Gasteiger partial charge in [-0.15, -0.1) is 0 Å². The summed E-state index contributed by atoms with van der Waals surface area (Å²) in [7, 11) is 0. The second-order valence-corrected chi connectivity index (χ2v) is 0.743. The molecule has 34 valence electrons. The van der Waals surface area contributed by atoms with Crippen molar-refractivity contribution in [3.8, 4) is 0 Å². The van der Waals surface area contributed by atoms with E-state index >= 15 is 0 Å². The topological polar surface area (TPSA) is 57.2 Å². The molecule has 0 aliphatic carbocycles. The molecule has 0 aliphatic rings. The van der Waals surface area contributed by atoms with Gasteiger partial charge in [0, 0.05) is 12.4 Å². The van der Waals surface area contributed by atoms with Gasteiger partial charge in [0.1, 0.15) is 6.29 Å². The highest BCUT2D eigenvalue weighted by atomic mass is 16.4. The minimum absolute atomic E-state index is 0.287.